The van der Waals surface area contributed by atoms with E-state index >= 15 is 0 Å². The van der Waals surface area contributed by atoms with Gasteiger partial charge in [0.05, 0.1) is 49.3 Å². The van der Waals surface area contributed by atoms with Crippen LogP contribution in [0.1, 0.15) is 103 Å². The van der Waals surface area contributed by atoms with Gasteiger partial charge in [0.15, 0.2) is 0 Å². The third-order valence-electron chi connectivity index (χ3n) is 13.8. The molecule has 8 atom stereocenters. The molecular formula is C32H56N8Pr. The van der Waals surface area contributed by atoms with Crippen LogP contribution in [0.2, 0.25) is 0 Å². The summed E-state index contributed by atoms with van der Waals surface area (Å²) < 4.78 is 0. The first-order valence-corrected chi connectivity index (χ1v) is 17.9. The largest absolute Gasteiger partial charge is 0.286 e. The van der Waals surface area contributed by atoms with Crippen LogP contribution in [0.3, 0.4) is 0 Å². The predicted molar refractivity (Wildman–Crippen MR) is 157 cm³/mol. The summed E-state index contributed by atoms with van der Waals surface area (Å²) in [5.74, 6) is 5.97. The Morgan fingerprint density at radius 1 is 0.220 bits per heavy atom. The van der Waals surface area contributed by atoms with Crippen LogP contribution in [0.25, 0.3) is 0 Å². The summed E-state index contributed by atoms with van der Waals surface area (Å²) in [5.41, 5.74) is 0. The van der Waals surface area contributed by atoms with Crippen molar-refractivity contribution in [2.75, 3.05) is 0 Å². The minimum atomic E-state index is 0. The Morgan fingerprint density at radius 3 is 0.463 bits per heavy atom. The molecule has 0 aromatic heterocycles. The van der Waals surface area contributed by atoms with Gasteiger partial charge in [-0.25, -0.2) is 0 Å². The van der Waals surface area contributed by atoms with Gasteiger partial charge in [0.2, 0.25) is 0 Å². The van der Waals surface area contributed by atoms with E-state index in [1.807, 2.05) is 0 Å². The molecule has 0 amide bonds. The number of rotatable bonds is 0. The number of hydrogen-bond acceptors (Lipinski definition) is 8. The summed E-state index contributed by atoms with van der Waals surface area (Å²) in [6.45, 7) is 0. The van der Waals surface area contributed by atoms with Crippen molar-refractivity contribution < 1.29 is 41.3 Å². The molecule has 227 valence electrons. The van der Waals surface area contributed by atoms with E-state index < -0.39 is 0 Å². The normalized spacial score (nSPS) is 56.2. The van der Waals surface area contributed by atoms with Gasteiger partial charge in [-0.2, -0.15) is 0 Å². The molecular weight excluding hydrogens is 637 g/mol. The molecule has 8 bridgehead atoms. The van der Waals surface area contributed by atoms with Crippen LogP contribution in [-0.4, -0.2) is 49.3 Å². The maximum absolute atomic E-state index is 4.26. The average Bonchev–Trinajstić information content (AvgIpc) is 3.73. The van der Waals surface area contributed by atoms with Crippen LogP contribution >= 0.6 is 0 Å². The second-order valence-electron chi connectivity index (χ2n) is 15.6. The van der Waals surface area contributed by atoms with Crippen LogP contribution in [0.15, 0.2) is 0 Å². The van der Waals surface area contributed by atoms with Crippen molar-refractivity contribution in [3.8, 4) is 0 Å². The fourth-order valence-electron chi connectivity index (χ4n) is 12.0. The maximum atomic E-state index is 4.26. The number of fused-ring (bicyclic) bond motifs is 20. The van der Waals surface area contributed by atoms with Gasteiger partial charge in [-0.15, -0.1) is 0 Å². The van der Waals surface area contributed by atoms with Crippen molar-refractivity contribution in [2.24, 2.45) is 47.3 Å². The van der Waals surface area contributed by atoms with Crippen LogP contribution in [0, 0.1) is 88.6 Å². The van der Waals surface area contributed by atoms with Gasteiger partial charge in [0, 0.05) is 41.3 Å². The van der Waals surface area contributed by atoms with Gasteiger partial charge in [-0.3, -0.25) is 42.5 Å². The molecule has 4 aliphatic carbocycles. The van der Waals surface area contributed by atoms with E-state index in [9.17, 15) is 0 Å². The molecule has 9 fully saturated rings. The van der Waals surface area contributed by atoms with Gasteiger partial charge in [-0.1, -0.05) is 51.4 Å². The van der Waals surface area contributed by atoms with Crippen LogP contribution in [-0.2, 0) is 0 Å². The minimum absolute atomic E-state index is 0. The molecule has 5 saturated heterocycles. The summed E-state index contributed by atoms with van der Waals surface area (Å²) in [5, 5.41) is 33.8. The van der Waals surface area contributed by atoms with Crippen LogP contribution in [0.5, 0.6) is 0 Å². The van der Waals surface area contributed by atoms with Gasteiger partial charge in [-0.05, 0) is 98.7 Å². The van der Waals surface area contributed by atoms with Gasteiger partial charge in [0.1, 0.15) is 0 Å². The van der Waals surface area contributed by atoms with Crippen LogP contribution in [0.4, 0.5) is 0 Å². The second-order valence-corrected chi connectivity index (χ2v) is 15.6. The SMILES string of the molecule is C1CCC2C3NC(NC4NC(NC5NC(NC6NC(N3)C3CCCCC63)C3CCCCC53)C3CCCCC43)C2C1.[Pr]. The van der Waals surface area contributed by atoms with E-state index in [1.54, 1.807) is 0 Å². The third kappa shape index (κ3) is 5.26. The van der Waals surface area contributed by atoms with Crippen molar-refractivity contribution in [2.45, 2.75) is 152 Å². The van der Waals surface area contributed by atoms with Crippen molar-refractivity contribution in [3.05, 3.63) is 0 Å². The summed E-state index contributed by atoms with van der Waals surface area (Å²) in [4.78, 5) is 0. The van der Waals surface area contributed by atoms with Crippen molar-refractivity contribution in [1.29, 1.82) is 0 Å². The first-order chi connectivity index (χ1) is 19.8. The standard InChI is InChI=1S/C32H56N8.Pr/c1-2-10-18-17(9-1)25-33-26(18)38-28-21-13-5-6-14-22(21)30(35-28)40-32-24-16-8-7-15-23(24)31(36-32)39-29-20-12-4-3-11-19(20)27(34-29)37-25;/h17-40H,1-16H2;. The summed E-state index contributed by atoms with van der Waals surface area (Å²) in [7, 11) is 0. The average molecular weight is 694 g/mol. The quantitative estimate of drug-likeness (QED) is 0.197. The molecule has 5 aliphatic heterocycles. The molecule has 9 rings (SSSR count). The first-order valence-electron chi connectivity index (χ1n) is 17.9. The Bertz CT molecular complexity index is 716. The molecule has 8 unspecified atom stereocenters. The van der Waals surface area contributed by atoms with Gasteiger partial charge < -0.3 is 0 Å². The van der Waals surface area contributed by atoms with Crippen molar-refractivity contribution in [1.82, 2.24) is 42.5 Å². The molecule has 8 nitrogen and oxygen atoms in total. The minimum Gasteiger partial charge on any atom is -0.286 e. The molecule has 1 radical (unpaired) electrons. The molecule has 8 N–H and O–H groups in total. The maximum Gasteiger partial charge on any atom is 0.0628 e. The van der Waals surface area contributed by atoms with E-state index in [4.69, 9.17) is 0 Å². The van der Waals surface area contributed by atoms with E-state index in [0.717, 1.165) is 47.3 Å². The molecule has 9 heteroatoms. The molecule has 5 heterocycles. The monoisotopic (exact) mass is 693 g/mol. The topological polar surface area (TPSA) is 96.2 Å². The summed E-state index contributed by atoms with van der Waals surface area (Å²) in [6, 6.07) is 0. The summed E-state index contributed by atoms with van der Waals surface area (Å²) >= 11 is 0. The zero-order valence-corrected chi connectivity index (χ0v) is 28.8. The predicted octanol–water partition coefficient (Wildman–Crippen LogP) is 2.61. The Morgan fingerprint density at radius 2 is 0.341 bits per heavy atom. The smallest absolute Gasteiger partial charge is 0.0628 e. The second kappa shape index (κ2) is 12.3. The molecule has 4 saturated carbocycles. The molecule has 9 aliphatic rings. The zero-order valence-electron chi connectivity index (χ0n) is 25.1. The zero-order chi connectivity index (χ0) is 26.2. The Kier molecular flexibility index (Phi) is 8.86. The molecule has 0 aromatic carbocycles. The molecule has 41 heavy (non-hydrogen) atoms. The Balaban J connectivity index is 0.00000256. The third-order valence-corrected chi connectivity index (χ3v) is 13.8. The van der Waals surface area contributed by atoms with Crippen molar-refractivity contribution >= 4 is 0 Å². The van der Waals surface area contributed by atoms with E-state index in [0.29, 0.717) is 49.3 Å². The fraction of sp³-hybridized carbons (Fsp3) is 1.00. The molecule has 0 spiro atoms. The molecule has 0 aromatic rings. The Labute approximate surface area is 281 Å². The van der Waals surface area contributed by atoms with Gasteiger partial charge in [0.25, 0.3) is 0 Å². The van der Waals surface area contributed by atoms with E-state index in [-0.39, 0.29) is 41.3 Å². The number of nitrogens with one attached hydrogen (secondary N) is 8. The van der Waals surface area contributed by atoms with Crippen molar-refractivity contribution in [3.63, 3.8) is 0 Å². The van der Waals surface area contributed by atoms with Gasteiger partial charge >= 0.3 is 0 Å². The van der Waals surface area contributed by atoms with E-state index in [1.165, 1.54) is 103 Å². The fourth-order valence-corrected chi connectivity index (χ4v) is 12.0. The Hall–Kier alpha value is 1.04. The van der Waals surface area contributed by atoms with E-state index in [2.05, 4.69) is 42.5 Å². The number of hydrogen-bond donors (Lipinski definition) is 8. The van der Waals surface area contributed by atoms with Crippen LogP contribution < -0.4 is 42.5 Å². The first kappa shape index (κ1) is 29.4. The summed E-state index contributed by atoms with van der Waals surface area (Å²) in [6.07, 6.45) is 25.6.